The fourth-order valence-electron chi connectivity index (χ4n) is 1.02. The molecule has 0 saturated carbocycles. The van der Waals surface area contributed by atoms with Gasteiger partial charge in [0.25, 0.3) is 5.56 Å². The summed E-state index contributed by atoms with van der Waals surface area (Å²) >= 11 is 0. The van der Waals surface area contributed by atoms with Crippen molar-refractivity contribution in [1.82, 2.24) is 9.55 Å². The van der Waals surface area contributed by atoms with E-state index in [1.54, 1.807) is 6.92 Å². The van der Waals surface area contributed by atoms with E-state index >= 15 is 0 Å². The van der Waals surface area contributed by atoms with Crippen molar-refractivity contribution >= 4 is 0 Å². The SMILES string of the molecule is C=CCOC(C)n1cc(F)c(=O)[nH]c1=O. The van der Waals surface area contributed by atoms with E-state index in [9.17, 15) is 14.0 Å². The van der Waals surface area contributed by atoms with Gasteiger partial charge in [-0.3, -0.25) is 14.3 Å². The molecule has 82 valence electrons. The first kappa shape index (κ1) is 11.4. The topological polar surface area (TPSA) is 64.1 Å². The quantitative estimate of drug-likeness (QED) is 0.738. The Bertz CT molecular complexity index is 463. The maximum Gasteiger partial charge on any atom is 0.330 e. The Balaban J connectivity index is 3.04. The van der Waals surface area contributed by atoms with Crippen molar-refractivity contribution in [2.45, 2.75) is 13.2 Å². The fourth-order valence-corrected chi connectivity index (χ4v) is 1.02. The molecular formula is C9H11FN2O3. The number of ether oxygens (including phenoxy) is 1. The van der Waals surface area contributed by atoms with Gasteiger partial charge in [0.1, 0.15) is 6.23 Å². The number of rotatable bonds is 4. The molecule has 0 aliphatic rings. The number of H-pyrrole nitrogens is 1. The number of aromatic amines is 1. The lowest BCUT2D eigenvalue weighted by Gasteiger charge is -2.13. The normalized spacial score (nSPS) is 12.4. The first-order valence-electron chi connectivity index (χ1n) is 4.29. The van der Waals surface area contributed by atoms with Crippen LogP contribution in [0.4, 0.5) is 4.39 Å². The Labute approximate surface area is 84.8 Å². The van der Waals surface area contributed by atoms with E-state index in [-0.39, 0.29) is 6.61 Å². The summed E-state index contributed by atoms with van der Waals surface area (Å²) in [5.41, 5.74) is -1.75. The summed E-state index contributed by atoms with van der Waals surface area (Å²) in [5, 5.41) is 0. The van der Waals surface area contributed by atoms with Crippen LogP contribution in [-0.2, 0) is 4.74 Å². The molecule has 0 amide bonds. The third kappa shape index (κ3) is 2.63. The van der Waals surface area contributed by atoms with Crippen molar-refractivity contribution in [2.24, 2.45) is 0 Å². The van der Waals surface area contributed by atoms with Crippen molar-refractivity contribution in [3.63, 3.8) is 0 Å². The van der Waals surface area contributed by atoms with E-state index < -0.39 is 23.3 Å². The molecule has 6 heteroatoms. The molecule has 1 unspecified atom stereocenters. The molecule has 1 atom stereocenters. The van der Waals surface area contributed by atoms with Crippen LogP contribution >= 0.6 is 0 Å². The first-order chi connectivity index (χ1) is 7.06. The van der Waals surface area contributed by atoms with Crippen LogP contribution < -0.4 is 11.2 Å². The highest BCUT2D eigenvalue weighted by molar-refractivity contribution is 4.87. The number of hydrogen-bond acceptors (Lipinski definition) is 3. The summed E-state index contributed by atoms with van der Waals surface area (Å²) < 4.78 is 18.9. The molecule has 1 aromatic rings. The molecule has 0 spiro atoms. The summed E-state index contributed by atoms with van der Waals surface area (Å²) in [5.74, 6) is -1.02. The van der Waals surface area contributed by atoms with Gasteiger partial charge in [-0.25, -0.2) is 4.79 Å². The third-order valence-corrected chi connectivity index (χ3v) is 1.77. The van der Waals surface area contributed by atoms with Crippen LogP contribution in [0.1, 0.15) is 13.2 Å². The molecule has 0 aliphatic carbocycles. The number of halogens is 1. The molecule has 1 rings (SSSR count). The number of hydrogen-bond donors (Lipinski definition) is 1. The van der Waals surface area contributed by atoms with Gasteiger partial charge in [-0.2, -0.15) is 4.39 Å². The summed E-state index contributed by atoms with van der Waals surface area (Å²) in [6, 6.07) is 0. The van der Waals surface area contributed by atoms with Crippen molar-refractivity contribution in [2.75, 3.05) is 6.61 Å². The highest BCUT2D eigenvalue weighted by Gasteiger charge is 2.09. The van der Waals surface area contributed by atoms with E-state index in [1.165, 1.54) is 6.08 Å². The molecule has 0 aliphatic heterocycles. The summed E-state index contributed by atoms with van der Waals surface area (Å²) in [6.45, 7) is 5.22. The lowest BCUT2D eigenvalue weighted by atomic mass is 10.5. The minimum atomic E-state index is -1.04. The van der Waals surface area contributed by atoms with Gasteiger partial charge in [0.2, 0.25) is 5.82 Å². The van der Waals surface area contributed by atoms with Crippen LogP contribution in [0, 0.1) is 5.82 Å². The standard InChI is InChI=1S/C9H11FN2O3/c1-3-4-15-6(2)12-5-7(10)8(13)11-9(12)14/h3,5-6H,1,4H2,2H3,(H,11,13,14). The molecular weight excluding hydrogens is 203 g/mol. The zero-order valence-electron chi connectivity index (χ0n) is 8.20. The van der Waals surface area contributed by atoms with Crippen LogP contribution in [0.2, 0.25) is 0 Å². The monoisotopic (exact) mass is 214 g/mol. The number of nitrogens with zero attached hydrogens (tertiary/aromatic N) is 1. The second-order valence-electron chi connectivity index (χ2n) is 2.86. The zero-order valence-corrected chi connectivity index (χ0v) is 8.20. The van der Waals surface area contributed by atoms with Crippen LogP contribution in [0.3, 0.4) is 0 Å². The van der Waals surface area contributed by atoms with E-state index in [4.69, 9.17) is 4.74 Å². The smallest absolute Gasteiger partial charge is 0.330 e. The molecule has 0 saturated heterocycles. The van der Waals surface area contributed by atoms with Crippen molar-refractivity contribution in [3.8, 4) is 0 Å². The van der Waals surface area contributed by atoms with Crippen LogP contribution in [-0.4, -0.2) is 16.2 Å². The minimum absolute atomic E-state index is 0.231. The Morgan fingerprint density at radius 2 is 2.40 bits per heavy atom. The van der Waals surface area contributed by atoms with Gasteiger partial charge in [0.15, 0.2) is 0 Å². The fraction of sp³-hybridized carbons (Fsp3) is 0.333. The Morgan fingerprint density at radius 1 is 1.73 bits per heavy atom. The molecule has 1 heterocycles. The number of nitrogens with one attached hydrogen (secondary N) is 1. The molecule has 0 radical (unpaired) electrons. The van der Waals surface area contributed by atoms with Gasteiger partial charge >= 0.3 is 5.69 Å². The molecule has 0 aromatic carbocycles. The van der Waals surface area contributed by atoms with Gasteiger partial charge in [-0.05, 0) is 6.92 Å². The van der Waals surface area contributed by atoms with Crippen LogP contribution in [0.5, 0.6) is 0 Å². The molecule has 5 nitrogen and oxygen atoms in total. The largest absolute Gasteiger partial charge is 0.354 e. The van der Waals surface area contributed by atoms with Gasteiger partial charge in [0.05, 0.1) is 12.8 Å². The van der Waals surface area contributed by atoms with E-state index in [1.807, 2.05) is 4.98 Å². The predicted molar refractivity (Wildman–Crippen MR) is 52.1 cm³/mol. The van der Waals surface area contributed by atoms with Crippen molar-refractivity contribution < 1.29 is 9.13 Å². The molecule has 0 fully saturated rings. The predicted octanol–water partition coefficient (Wildman–Crippen LogP) is 0.397. The first-order valence-corrected chi connectivity index (χ1v) is 4.29. The highest BCUT2D eigenvalue weighted by atomic mass is 19.1. The van der Waals surface area contributed by atoms with Crippen LogP contribution in [0.15, 0.2) is 28.4 Å². The second-order valence-corrected chi connectivity index (χ2v) is 2.86. The van der Waals surface area contributed by atoms with Crippen molar-refractivity contribution in [3.05, 3.63) is 45.5 Å². The highest BCUT2D eigenvalue weighted by Crippen LogP contribution is 2.02. The van der Waals surface area contributed by atoms with E-state index in [0.717, 1.165) is 10.8 Å². The maximum absolute atomic E-state index is 12.9. The van der Waals surface area contributed by atoms with Gasteiger partial charge in [0, 0.05) is 0 Å². The lowest BCUT2D eigenvalue weighted by molar-refractivity contribution is 0.0304. The van der Waals surface area contributed by atoms with Gasteiger partial charge in [-0.1, -0.05) is 6.08 Å². The number of aromatic nitrogens is 2. The average Bonchev–Trinajstić information content (AvgIpc) is 2.20. The van der Waals surface area contributed by atoms with Gasteiger partial charge in [-0.15, -0.1) is 6.58 Å². The zero-order chi connectivity index (χ0) is 11.4. The molecule has 0 bridgehead atoms. The Morgan fingerprint density at radius 3 is 3.00 bits per heavy atom. The van der Waals surface area contributed by atoms with Crippen molar-refractivity contribution in [1.29, 1.82) is 0 Å². The Kier molecular flexibility index (Phi) is 3.56. The summed E-state index contributed by atoms with van der Waals surface area (Å²) in [7, 11) is 0. The second kappa shape index (κ2) is 4.70. The van der Waals surface area contributed by atoms with E-state index in [0.29, 0.717) is 0 Å². The summed E-state index contributed by atoms with van der Waals surface area (Å²) in [4.78, 5) is 23.8. The summed E-state index contributed by atoms with van der Waals surface area (Å²) in [6.07, 6.45) is 1.65. The van der Waals surface area contributed by atoms with Gasteiger partial charge < -0.3 is 4.74 Å². The van der Waals surface area contributed by atoms with Crippen LogP contribution in [0.25, 0.3) is 0 Å². The molecule has 1 aromatic heterocycles. The maximum atomic E-state index is 12.9. The minimum Gasteiger partial charge on any atom is -0.354 e. The Hall–Kier alpha value is -1.69. The average molecular weight is 214 g/mol. The lowest BCUT2D eigenvalue weighted by Crippen LogP contribution is -2.33. The van der Waals surface area contributed by atoms with E-state index in [2.05, 4.69) is 6.58 Å². The molecule has 15 heavy (non-hydrogen) atoms. The third-order valence-electron chi connectivity index (χ3n) is 1.77. The molecule has 1 N–H and O–H groups in total.